The fourth-order valence-corrected chi connectivity index (χ4v) is 7.50. The summed E-state index contributed by atoms with van der Waals surface area (Å²) >= 11 is 0. The van der Waals surface area contributed by atoms with E-state index in [-0.39, 0.29) is 29.8 Å². The second-order valence-corrected chi connectivity index (χ2v) is 14.5. The molecule has 2 aliphatic rings. The zero-order chi connectivity index (χ0) is 39.5. The fraction of sp³-hybridized carbons (Fsp3) is 0.400. The molecule has 16 heteroatoms. The molecule has 0 bridgehead atoms. The lowest BCUT2D eigenvalue weighted by atomic mass is 10.0. The molecular formula is C40H46N10O6. The van der Waals surface area contributed by atoms with Crippen molar-refractivity contribution in [1.29, 1.82) is 0 Å². The quantitative estimate of drug-likeness (QED) is 0.140. The molecule has 2 aliphatic heterocycles. The van der Waals surface area contributed by atoms with Gasteiger partial charge in [0.2, 0.25) is 11.8 Å². The topological polar surface area (TPSA) is 200 Å². The monoisotopic (exact) mass is 762 g/mol. The number of benzene rings is 2. The maximum atomic E-state index is 13.5. The lowest BCUT2D eigenvalue weighted by molar-refractivity contribution is -0.135. The minimum Gasteiger partial charge on any atom is -0.453 e. The van der Waals surface area contributed by atoms with Crippen LogP contribution < -0.4 is 10.6 Å². The van der Waals surface area contributed by atoms with E-state index in [1.807, 2.05) is 56.3 Å². The highest BCUT2D eigenvalue weighted by molar-refractivity contribution is 5.87. The third kappa shape index (κ3) is 7.76. The van der Waals surface area contributed by atoms with Gasteiger partial charge in [0, 0.05) is 24.2 Å². The Morgan fingerprint density at radius 3 is 1.86 bits per heavy atom. The van der Waals surface area contributed by atoms with Gasteiger partial charge in [-0.05, 0) is 56.2 Å². The van der Waals surface area contributed by atoms with Gasteiger partial charge in [-0.3, -0.25) is 14.6 Å². The molecule has 4 atom stereocenters. The van der Waals surface area contributed by atoms with Gasteiger partial charge in [0.1, 0.15) is 23.7 Å². The summed E-state index contributed by atoms with van der Waals surface area (Å²) in [5, 5.41) is 5.24. The number of carbonyl (C=O) groups excluding carboxylic acids is 4. The maximum absolute atomic E-state index is 13.5. The molecule has 4 N–H and O–H groups in total. The molecule has 4 amide bonds. The van der Waals surface area contributed by atoms with Crippen molar-refractivity contribution < 1.29 is 28.7 Å². The van der Waals surface area contributed by atoms with Crippen molar-refractivity contribution in [3.8, 4) is 33.8 Å². The minimum absolute atomic E-state index is 0.113. The van der Waals surface area contributed by atoms with Crippen molar-refractivity contribution in [2.75, 3.05) is 27.3 Å². The number of imidazole rings is 2. The first-order valence-corrected chi connectivity index (χ1v) is 18.8. The van der Waals surface area contributed by atoms with Gasteiger partial charge in [0.05, 0.1) is 73.0 Å². The van der Waals surface area contributed by atoms with Gasteiger partial charge in [0.15, 0.2) is 0 Å². The number of rotatable bonds is 10. The van der Waals surface area contributed by atoms with Crippen LogP contribution in [0.1, 0.15) is 70.2 Å². The highest BCUT2D eigenvalue weighted by Gasteiger charge is 2.38. The number of aromatic nitrogens is 6. The highest BCUT2D eigenvalue weighted by atomic mass is 16.5. The number of fused-ring (bicyclic) bond motifs is 1. The molecular weight excluding hydrogens is 717 g/mol. The summed E-state index contributed by atoms with van der Waals surface area (Å²) in [6.07, 6.45) is 7.22. The SMILES string of the molecule is COC(=O)N[C@H](C(=O)N1CCC[C@H]1c1ncc(-c2ccc(-c3cnc4cc(-c5cnc([C@@H]6CCCN6C(=O)[C@@H](C)NC(=O)OC)[nH]5)ccc4n3)cc2)[nH]1)C(C)C. The van der Waals surface area contributed by atoms with E-state index in [2.05, 4.69) is 35.3 Å². The second-order valence-electron chi connectivity index (χ2n) is 14.5. The minimum atomic E-state index is -0.722. The largest absolute Gasteiger partial charge is 0.453 e. The summed E-state index contributed by atoms with van der Waals surface area (Å²) in [5.74, 6) is 0.941. The number of carbonyl (C=O) groups is 4. The summed E-state index contributed by atoms with van der Waals surface area (Å²) in [6.45, 7) is 6.59. The maximum Gasteiger partial charge on any atom is 0.407 e. The zero-order valence-corrected chi connectivity index (χ0v) is 32.0. The highest BCUT2D eigenvalue weighted by Crippen LogP contribution is 2.34. The van der Waals surface area contributed by atoms with Gasteiger partial charge in [-0.15, -0.1) is 0 Å². The van der Waals surface area contributed by atoms with Gasteiger partial charge in [0.25, 0.3) is 0 Å². The molecule has 0 aliphatic carbocycles. The van der Waals surface area contributed by atoms with E-state index in [4.69, 9.17) is 14.7 Å². The molecule has 0 unspecified atom stereocenters. The number of methoxy groups -OCH3 is 2. The molecule has 56 heavy (non-hydrogen) atoms. The van der Waals surface area contributed by atoms with Crippen molar-refractivity contribution in [2.45, 2.75) is 70.6 Å². The number of H-pyrrole nitrogens is 2. The van der Waals surface area contributed by atoms with E-state index in [0.29, 0.717) is 24.7 Å². The number of likely N-dealkylation sites (tertiary alicyclic amines) is 2. The number of aromatic amines is 2. The molecule has 2 fully saturated rings. The molecule has 3 aromatic heterocycles. The van der Waals surface area contributed by atoms with E-state index in [9.17, 15) is 19.2 Å². The van der Waals surface area contributed by atoms with Crippen molar-refractivity contribution in [1.82, 2.24) is 50.3 Å². The predicted octanol–water partition coefficient (Wildman–Crippen LogP) is 5.53. The number of nitrogens with one attached hydrogen (secondary N) is 4. The number of nitrogens with zero attached hydrogens (tertiary/aromatic N) is 6. The van der Waals surface area contributed by atoms with Gasteiger partial charge in [-0.2, -0.15) is 0 Å². The molecule has 2 saturated heterocycles. The Morgan fingerprint density at radius 1 is 0.696 bits per heavy atom. The van der Waals surface area contributed by atoms with Crippen LogP contribution >= 0.6 is 0 Å². The first kappa shape index (κ1) is 38.0. The number of ether oxygens (including phenoxy) is 2. The van der Waals surface area contributed by atoms with E-state index in [1.165, 1.54) is 14.2 Å². The molecule has 7 rings (SSSR count). The number of alkyl carbamates (subject to hydrolysis) is 2. The van der Waals surface area contributed by atoms with E-state index in [0.717, 1.165) is 70.5 Å². The summed E-state index contributed by atoms with van der Waals surface area (Å²) in [5.41, 5.74) is 6.56. The van der Waals surface area contributed by atoms with E-state index in [1.54, 1.807) is 35.3 Å². The van der Waals surface area contributed by atoms with Crippen LogP contribution in [0.5, 0.6) is 0 Å². The molecule has 292 valence electrons. The Hall–Kier alpha value is -6.32. The average molecular weight is 763 g/mol. The van der Waals surface area contributed by atoms with Crippen molar-refractivity contribution in [3.05, 3.63) is 72.7 Å². The molecule has 5 aromatic rings. The number of amides is 4. The molecule has 2 aromatic carbocycles. The Balaban J connectivity index is 1.02. The molecule has 0 radical (unpaired) electrons. The van der Waals surface area contributed by atoms with Crippen LogP contribution in [-0.2, 0) is 19.1 Å². The summed E-state index contributed by atoms with van der Waals surface area (Å²) in [4.78, 5) is 79.5. The Bertz CT molecular complexity index is 2230. The average Bonchev–Trinajstić information content (AvgIpc) is 4.06. The van der Waals surface area contributed by atoms with Crippen LogP contribution in [0.2, 0.25) is 0 Å². The summed E-state index contributed by atoms with van der Waals surface area (Å²) < 4.78 is 9.40. The Kier molecular flexibility index (Phi) is 11.0. The molecule has 5 heterocycles. The van der Waals surface area contributed by atoms with Crippen molar-refractivity contribution >= 4 is 35.0 Å². The smallest absolute Gasteiger partial charge is 0.407 e. The van der Waals surface area contributed by atoms with Crippen LogP contribution in [-0.4, -0.2) is 103 Å². The normalized spacial score (nSPS) is 17.9. The van der Waals surface area contributed by atoms with E-state index >= 15 is 0 Å². The number of hydrogen-bond acceptors (Lipinski definition) is 10. The van der Waals surface area contributed by atoms with Crippen LogP contribution in [0, 0.1) is 5.92 Å². The number of hydrogen-bond donors (Lipinski definition) is 4. The van der Waals surface area contributed by atoms with Crippen molar-refractivity contribution in [2.24, 2.45) is 5.92 Å². The van der Waals surface area contributed by atoms with Gasteiger partial charge < -0.3 is 39.9 Å². The zero-order valence-electron chi connectivity index (χ0n) is 32.0. The lowest BCUT2D eigenvalue weighted by Gasteiger charge is -2.30. The predicted molar refractivity (Wildman–Crippen MR) is 207 cm³/mol. The van der Waals surface area contributed by atoms with Crippen LogP contribution in [0.4, 0.5) is 9.59 Å². The second kappa shape index (κ2) is 16.2. The van der Waals surface area contributed by atoms with Crippen LogP contribution in [0.15, 0.2) is 61.1 Å². The molecule has 16 nitrogen and oxygen atoms in total. The van der Waals surface area contributed by atoms with Gasteiger partial charge in [-0.25, -0.2) is 24.5 Å². The fourth-order valence-electron chi connectivity index (χ4n) is 7.50. The van der Waals surface area contributed by atoms with Gasteiger partial charge >= 0.3 is 12.2 Å². The Morgan fingerprint density at radius 2 is 1.25 bits per heavy atom. The first-order valence-electron chi connectivity index (χ1n) is 18.8. The lowest BCUT2D eigenvalue weighted by Crippen LogP contribution is -2.51. The summed E-state index contributed by atoms with van der Waals surface area (Å²) in [7, 11) is 2.55. The van der Waals surface area contributed by atoms with Crippen molar-refractivity contribution in [3.63, 3.8) is 0 Å². The Labute approximate surface area is 323 Å². The summed E-state index contributed by atoms with van der Waals surface area (Å²) in [6, 6.07) is 12.0. The standard InChI is InChI=1S/C40H46N10O6/c1-22(2)34(48-40(54)56-5)38(52)50-17-7-9-33(50)36-42-20-30(46-36)25-12-10-24(11-13-25)29-19-41-28-18-26(14-15-27(28)45-29)31-21-43-35(47-31)32-8-6-16-49(32)37(51)23(3)44-39(53)55-4/h10-15,18-23,32-34H,6-9,16-17H2,1-5H3,(H,42,46)(H,43,47)(H,44,53)(H,48,54)/t23-,32+,33+,34+/m1/s1. The third-order valence-electron chi connectivity index (χ3n) is 10.5. The third-order valence-corrected chi connectivity index (χ3v) is 10.5. The van der Waals surface area contributed by atoms with Crippen LogP contribution in [0.3, 0.4) is 0 Å². The molecule has 0 spiro atoms. The van der Waals surface area contributed by atoms with Crippen LogP contribution in [0.25, 0.3) is 44.8 Å². The molecule has 0 saturated carbocycles. The van der Waals surface area contributed by atoms with Gasteiger partial charge in [-0.1, -0.05) is 44.2 Å². The van der Waals surface area contributed by atoms with E-state index < -0.39 is 24.3 Å². The first-order chi connectivity index (χ1) is 27.0.